The van der Waals surface area contributed by atoms with Crippen LogP contribution >= 0.6 is 12.2 Å². The van der Waals surface area contributed by atoms with Crippen LogP contribution in [0.3, 0.4) is 0 Å². The number of nitrogens with one attached hydrogen (secondary N) is 2. The fourth-order valence-corrected chi connectivity index (χ4v) is 1.74. The molecule has 0 aromatic carbocycles. The molecule has 1 rings (SSSR count). The highest BCUT2D eigenvalue weighted by molar-refractivity contribution is 7.80. The van der Waals surface area contributed by atoms with Crippen LogP contribution in [0, 0.1) is 6.92 Å². The molecule has 0 spiro atoms. The van der Waals surface area contributed by atoms with E-state index in [-0.39, 0.29) is 6.04 Å². The fourth-order valence-electron chi connectivity index (χ4n) is 1.44. The summed E-state index contributed by atoms with van der Waals surface area (Å²) in [5.41, 5.74) is 1.17. The summed E-state index contributed by atoms with van der Waals surface area (Å²) in [5.74, 6) is 0. The van der Waals surface area contributed by atoms with Gasteiger partial charge in [-0.2, -0.15) is 5.10 Å². The Balaban J connectivity index is 2.16. The number of thiocarbonyl (C=S) groups is 1. The van der Waals surface area contributed by atoms with Gasteiger partial charge in [0.05, 0.1) is 19.3 Å². The second kappa shape index (κ2) is 7.24. The molecular weight excluding hydrogens is 236 g/mol. The molecule has 0 saturated carbocycles. The molecule has 1 unspecified atom stereocenters. The van der Waals surface area contributed by atoms with Crippen LogP contribution in [-0.4, -0.2) is 41.2 Å². The van der Waals surface area contributed by atoms with Crippen LogP contribution in [0.2, 0.25) is 0 Å². The van der Waals surface area contributed by atoms with Crippen molar-refractivity contribution in [2.75, 3.05) is 20.3 Å². The molecule has 0 aliphatic carbocycles. The van der Waals surface area contributed by atoms with Crippen LogP contribution in [0.25, 0.3) is 0 Å². The van der Waals surface area contributed by atoms with Crippen molar-refractivity contribution in [2.24, 2.45) is 0 Å². The molecule has 0 fully saturated rings. The maximum Gasteiger partial charge on any atom is 0.166 e. The van der Waals surface area contributed by atoms with Crippen LogP contribution < -0.4 is 10.6 Å². The van der Waals surface area contributed by atoms with Gasteiger partial charge in [0.15, 0.2) is 5.11 Å². The molecule has 6 heteroatoms. The van der Waals surface area contributed by atoms with E-state index in [1.54, 1.807) is 7.11 Å². The van der Waals surface area contributed by atoms with Crippen molar-refractivity contribution in [1.29, 1.82) is 0 Å². The van der Waals surface area contributed by atoms with Gasteiger partial charge in [-0.25, -0.2) is 0 Å². The topological polar surface area (TPSA) is 51.1 Å². The third kappa shape index (κ3) is 5.65. The first-order chi connectivity index (χ1) is 8.11. The molecule has 1 aromatic heterocycles. The average molecular weight is 256 g/mol. The largest absolute Gasteiger partial charge is 0.383 e. The Hall–Kier alpha value is -1.14. The molecule has 0 aliphatic heterocycles. The fraction of sp³-hybridized carbons (Fsp3) is 0.636. The molecule has 1 heterocycles. The number of hydrogen-bond acceptors (Lipinski definition) is 3. The maximum atomic E-state index is 5.16. The van der Waals surface area contributed by atoms with Gasteiger partial charge in [-0.15, -0.1) is 0 Å². The summed E-state index contributed by atoms with van der Waals surface area (Å²) in [6.45, 7) is 6.24. The lowest BCUT2D eigenvalue weighted by atomic mass is 10.4. The Labute approximate surface area is 108 Å². The van der Waals surface area contributed by atoms with Crippen LogP contribution in [-0.2, 0) is 11.3 Å². The predicted octanol–water partition coefficient (Wildman–Crippen LogP) is 0.691. The summed E-state index contributed by atoms with van der Waals surface area (Å²) in [6, 6.07) is 0.215. The maximum absolute atomic E-state index is 5.16. The number of hydrogen-bond donors (Lipinski definition) is 2. The Kier molecular flexibility index (Phi) is 5.93. The highest BCUT2D eigenvalue weighted by atomic mass is 32.1. The van der Waals surface area contributed by atoms with Crippen molar-refractivity contribution >= 4 is 17.3 Å². The third-order valence-corrected chi connectivity index (χ3v) is 2.45. The zero-order chi connectivity index (χ0) is 12.7. The molecule has 96 valence electrons. The minimum atomic E-state index is 0.215. The molecule has 0 bridgehead atoms. The van der Waals surface area contributed by atoms with Gasteiger partial charge in [0.25, 0.3) is 0 Å². The van der Waals surface area contributed by atoms with E-state index in [0.29, 0.717) is 11.7 Å². The van der Waals surface area contributed by atoms with Crippen LogP contribution in [0.1, 0.15) is 12.5 Å². The van der Waals surface area contributed by atoms with E-state index in [1.165, 1.54) is 5.56 Å². The van der Waals surface area contributed by atoms with E-state index in [1.807, 2.05) is 30.9 Å². The van der Waals surface area contributed by atoms with Crippen molar-refractivity contribution in [3.8, 4) is 0 Å². The zero-order valence-corrected chi connectivity index (χ0v) is 11.4. The van der Waals surface area contributed by atoms with E-state index in [4.69, 9.17) is 17.0 Å². The van der Waals surface area contributed by atoms with E-state index < -0.39 is 0 Å². The van der Waals surface area contributed by atoms with E-state index >= 15 is 0 Å². The molecule has 0 radical (unpaired) electrons. The highest BCUT2D eigenvalue weighted by Crippen LogP contribution is 1.92. The van der Waals surface area contributed by atoms with E-state index in [0.717, 1.165) is 13.1 Å². The molecule has 5 nitrogen and oxygen atoms in total. The van der Waals surface area contributed by atoms with Crippen LogP contribution in [0.15, 0.2) is 12.4 Å². The monoisotopic (exact) mass is 256 g/mol. The van der Waals surface area contributed by atoms with Gasteiger partial charge in [-0.05, 0) is 31.6 Å². The smallest absolute Gasteiger partial charge is 0.166 e. The normalized spacial score (nSPS) is 12.2. The zero-order valence-electron chi connectivity index (χ0n) is 10.6. The third-order valence-electron chi connectivity index (χ3n) is 2.18. The van der Waals surface area contributed by atoms with Gasteiger partial charge in [-0.1, -0.05) is 0 Å². The summed E-state index contributed by atoms with van der Waals surface area (Å²) in [7, 11) is 1.68. The van der Waals surface area contributed by atoms with Gasteiger partial charge in [-0.3, -0.25) is 4.68 Å². The molecule has 0 aliphatic rings. The molecule has 2 N–H and O–H groups in total. The number of nitrogens with zero attached hydrogens (tertiary/aromatic N) is 2. The lowest BCUT2D eigenvalue weighted by Crippen LogP contribution is -2.43. The molecule has 0 amide bonds. The Bertz CT molecular complexity index is 353. The SMILES string of the molecule is COCC(C)NC(=S)NCCn1cc(C)cn1. The average Bonchev–Trinajstić information content (AvgIpc) is 2.64. The summed E-state index contributed by atoms with van der Waals surface area (Å²) in [6.07, 6.45) is 3.85. The number of methoxy groups -OCH3 is 1. The van der Waals surface area contributed by atoms with Crippen LogP contribution in [0.4, 0.5) is 0 Å². The summed E-state index contributed by atoms with van der Waals surface area (Å²) < 4.78 is 6.91. The van der Waals surface area contributed by atoms with Crippen molar-refractivity contribution < 1.29 is 4.74 Å². The van der Waals surface area contributed by atoms with Crippen LogP contribution in [0.5, 0.6) is 0 Å². The summed E-state index contributed by atoms with van der Waals surface area (Å²) in [5, 5.41) is 11.1. The number of aromatic nitrogens is 2. The number of ether oxygens (including phenoxy) is 1. The van der Waals surface area contributed by atoms with Gasteiger partial charge in [0.1, 0.15) is 0 Å². The number of rotatable bonds is 6. The Morgan fingerprint density at radius 3 is 3.00 bits per heavy atom. The van der Waals surface area contributed by atoms with Gasteiger partial charge in [0.2, 0.25) is 0 Å². The quantitative estimate of drug-likeness (QED) is 0.734. The minimum absolute atomic E-state index is 0.215. The van der Waals surface area contributed by atoms with Crippen molar-refractivity contribution in [2.45, 2.75) is 26.4 Å². The van der Waals surface area contributed by atoms with Gasteiger partial charge >= 0.3 is 0 Å². The second-order valence-corrected chi connectivity index (χ2v) is 4.45. The van der Waals surface area contributed by atoms with Gasteiger partial charge < -0.3 is 15.4 Å². The first-order valence-corrected chi connectivity index (χ1v) is 6.05. The first-order valence-electron chi connectivity index (χ1n) is 5.64. The second-order valence-electron chi connectivity index (χ2n) is 4.04. The highest BCUT2D eigenvalue weighted by Gasteiger charge is 2.02. The van der Waals surface area contributed by atoms with Crippen molar-refractivity contribution in [3.05, 3.63) is 18.0 Å². The molecule has 17 heavy (non-hydrogen) atoms. The summed E-state index contributed by atoms with van der Waals surface area (Å²) >= 11 is 5.16. The Morgan fingerprint density at radius 1 is 1.65 bits per heavy atom. The number of aryl methyl sites for hydroxylation is 1. The Morgan fingerprint density at radius 2 is 2.41 bits per heavy atom. The van der Waals surface area contributed by atoms with Crippen molar-refractivity contribution in [3.63, 3.8) is 0 Å². The van der Waals surface area contributed by atoms with Crippen molar-refractivity contribution in [1.82, 2.24) is 20.4 Å². The van der Waals surface area contributed by atoms with Gasteiger partial charge in [0, 0.05) is 25.9 Å². The predicted molar refractivity (Wildman–Crippen MR) is 72.0 cm³/mol. The lowest BCUT2D eigenvalue weighted by molar-refractivity contribution is 0.179. The summed E-state index contributed by atoms with van der Waals surface area (Å²) in [4.78, 5) is 0. The molecule has 0 saturated heterocycles. The first kappa shape index (κ1) is 13.9. The lowest BCUT2D eigenvalue weighted by Gasteiger charge is -2.16. The molecular formula is C11H20N4OS. The molecule has 1 atom stereocenters. The van der Waals surface area contributed by atoms with E-state index in [2.05, 4.69) is 15.7 Å². The van der Waals surface area contributed by atoms with E-state index in [9.17, 15) is 0 Å². The molecule has 1 aromatic rings. The minimum Gasteiger partial charge on any atom is -0.383 e. The standard InChI is InChI=1S/C11H20N4OS/c1-9-6-13-15(7-9)5-4-12-11(17)14-10(2)8-16-3/h6-7,10H,4-5,8H2,1-3H3,(H2,12,14,17).